The molecule has 0 radical (unpaired) electrons. The van der Waals surface area contributed by atoms with Gasteiger partial charge in [-0.3, -0.25) is 4.79 Å². The molecule has 0 bridgehead atoms. The van der Waals surface area contributed by atoms with E-state index in [2.05, 4.69) is 15.3 Å². The van der Waals surface area contributed by atoms with Crippen LogP contribution in [0.4, 0.5) is 11.8 Å². The van der Waals surface area contributed by atoms with Crippen LogP contribution in [0.5, 0.6) is 0 Å². The molecule has 1 fully saturated rings. The van der Waals surface area contributed by atoms with Crippen molar-refractivity contribution in [2.45, 2.75) is 6.04 Å². The summed E-state index contributed by atoms with van der Waals surface area (Å²) in [6.45, 7) is 1.42. The van der Waals surface area contributed by atoms with Crippen molar-refractivity contribution in [2.24, 2.45) is 5.73 Å². The number of hydrogen-bond donors (Lipinski definition) is 2. The molecular formula is C12H15N5O2S. The second kappa shape index (κ2) is 5.22. The molecule has 0 aliphatic carbocycles. The largest absolute Gasteiger partial charge is 0.377 e. The lowest BCUT2D eigenvalue weighted by Crippen LogP contribution is -2.53. The van der Waals surface area contributed by atoms with E-state index >= 15 is 0 Å². The zero-order valence-corrected chi connectivity index (χ0v) is 11.8. The first-order valence-electron chi connectivity index (χ1n) is 6.27. The predicted octanol–water partition coefficient (Wildman–Crippen LogP) is 0.423. The topological polar surface area (TPSA) is 93.4 Å². The Morgan fingerprint density at radius 3 is 3.20 bits per heavy atom. The second-order valence-electron chi connectivity index (χ2n) is 4.45. The number of morpholine rings is 1. The van der Waals surface area contributed by atoms with Crippen LogP contribution in [-0.2, 0) is 9.53 Å². The SMILES string of the molecule is CNc1nc(N2CCOCC2C(N)=O)c2ccsc2n1. The van der Waals surface area contributed by atoms with Crippen molar-refractivity contribution >= 4 is 39.2 Å². The van der Waals surface area contributed by atoms with Crippen molar-refractivity contribution in [3.63, 3.8) is 0 Å². The summed E-state index contributed by atoms with van der Waals surface area (Å²) in [4.78, 5) is 23.3. The number of hydrogen-bond acceptors (Lipinski definition) is 7. The van der Waals surface area contributed by atoms with Gasteiger partial charge in [-0.25, -0.2) is 4.98 Å². The minimum Gasteiger partial charge on any atom is -0.377 e. The number of nitrogens with two attached hydrogens (primary N) is 1. The fraction of sp³-hybridized carbons (Fsp3) is 0.417. The van der Waals surface area contributed by atoms with Gasteiger partial charge >= 0.3 is 0 Å². The maximum absolute atomic E-state index is 11.6. The van der Waals surface area contributed by atoms with Gasteiger partial charge < -0.3 is 20.7 Å². The number of rotatable bonds is 3. The van der Waals surface area contributed by atoms with E-state index in [1.807, 2.05) is 16.3 Å². The van der Waals surface area contributed by atoms with E-state index in [0.717, 1.165) is 16.0 Å². The van der Waals surface area contributed by atoms with E-state index in [-0.39, 0.29) is 0 Å². The first-order valence-corrected chi connectivity index (χ1v) is 7.15. The zero-order chi connectivity index (χ0) is 14.1. The fourth-order valence-electron chi connectivity index (χ4n) is 2.26. The molecule has 3 rings (SSSR count). The number of ether oxygens (including phenoxy) is 1. The Labute approximate surface area is 119 Å². The van der Waals surface area contributed by atoms with E-state index in [4.69, 9.17) is 10.5 Å². The monoisotopic (exact) mass is 293 g/mol. The average molecular weight is 293 g/mol. The van der Waals surface area contributed by atoms with Crippen LogP contribution in [0, 0.1) is 0 Å². The minimum atomic E-state index is -0.494. The maximum atomic E-state index is 11.6. The van der Waals surface area contributed by atoms with Crippen LogP contribution in [0.2, 0.25) is 0 Å². The van der Waals surface area contributed by atoms with Gasteiger partial charge in [-0.2, -0.15) is 4.98 Å². The molecule has 1 aliphatic heterocycles. The first-order chi connectivity index (χ1) is 9.70. The second-order valence-corrected chi connectivity index (χ2v) is 5.34. The van der Waals surface area contributed by atoms with E-state index < -0.39 is 11.9 Å². The molecule has 8 heteroatoms. The van der Waals surface area contributed by atoms with Gasteiger partial charge in [0.15, 0.2) is 0 Å². The summed E-state index contributed by atoms with van der Waals surface area (Å²) in [5, 5.41) is 5.84. The third-order valence-corrected chi connectivity index (χ3v) is 4.06. The lowest BCUT2D eigenvalue weighted by Gasteiger charge is -2.34. The van der Waals surface area contributed by atoms with Gasteiger partial charge in [0.05, 0.1) is 18.6 Å². The van der Waals surface area contributed by atoms with Crippen LogP contribution in [-0.4, -0.2) is 48.7 Å². The molecule has 7 nitrogen and oxygen atoms in total. The number of nitrogens with zero attached hydrogens (tertiary/aromatic N) is 3. The Bertz CT molecular complexity index is 644. The number of primary amides is 1. The van der Waals surface area contributed by atoms with Gasteiger partial charge in [0.25, 0.3) is 0 Å². The number of aromatic nitrogens is 2. The summed E-state index contributed by atoms with van der Waals surface area (Å²) >= 11 is 1.54. The van der Waals surface area contributed by atoms with E-state index in [1.54, 1.807) is 7.05 Å². The number of thiophene rings is 1. The Morgan fingerprint density at radius 1 is 1.60 bits per heavy atom. The molecule has 1 atom stereocenters. The van der Waals surface area contributed by atoms with E-state index in [1.165, 1.54) is 11.3 Å². The maximum Gasteiger partial charge on any atom is 0.242 e. The lowest BCUT2D eigenvalue weighted by atomic mass is 10.2. The van der Waals surface area contributed by atoms with E-state index in [0.29, 0.717) is 25.7 Å². The van der Waals surface area contributed by atoms with E-state index in [9.17, 15) is 4.79 Å². The molecule has 0 saturated carbocycles. The van der Waals surface area contributed by atoms with Crippen molar-refractivity contribution in [2.75, 3.05) is 37.0 Å². The number of carbonyl (C=O) groups excluding carboxylic acids is 1. The highest BCUT2D eigenvalue weighted by Crippen LogP contribution is 2.30. The van der Waals surface area contributed by atoms with Crippen molar-refractivity contribution in [1.29, 1.82) is 0 Å². The molecule has 2 aromatic heterocycles. The van der Waals surface area contributed by atoms with Crippen LogP contribution in [0.3, 0.4) is 0 Å². The molecule has 0 spiro atoms. The van der Waals surface area contributed by atoms with Gasteiger partial charge in [-0.1, -0.05) is 0 Å². The highest BCUT2D eigenvalue weighted by molar-refractivity contribution is 7.16. The third-order valence-electron chi connectivity index (χ3n) is 3.26. The van der Waals surface area contributed by atoms with Crippen molar-refractivity contribution in [3.05, 3.63) is 11.4 Å². The summed E-state index contributed by atoms with van der Waals surface area (Å²) < 4.78 is 5.35. The van der Waals surface area contributed by atoms with Crippen LogP contribution in [0.25, 0.3) is 10.2 Å². The first kappa shape index (κ1) is 13.1. The van der Waals surface area contributed by atoms with Gasteiger partial charge in [0.2, 0.25) is 11.9 Å². The highest BCUT2D eigenvalue weighted by Gasteiger charge is 2.30. The summed E-state index contributed by atoms with van der Waals surface area (Å²) in [6, 6.07) is 1.47. The molecule has 3 heterocycles. The van der Waals surface area contributed by atoms with Gasteiger partial charge in [-0.15, -0.1) is 11.3 Å². The summed E-state index contributed by atoms with van der Waals surface area (Å²) in [5.74, 6) is 0.857. The molecule has 106 valence electrons. The molecule has 2 aromatic rings. The summed E-state index contributed by atoms with van der Waals surface area (Å²) in [7, 11) is 1.77. The van der Waals surface area contributed by atoms with Crippen LogP contribution in [0.1, 0.15) is 0 Å². The molecule has 1 aliphatic rings. The number of anilines is 2. The Balaban J connectivity index is 2.11. The van der Waals surface area contributed by atoms with Gasteiger partial charge in [0, 0.05) is 13.6 Å². The van der Waals surface area contributed by atoms with Gasteiger partial charge in [0.1, 0.15) is 16.7 Å². The highest BCUT2D eigenvalue weighted by atomic mass is 32.1. The molecule has 20 heavy (non-hydrogen) atoms. The Hall–Kier alpha value is -1.93. The smallest absolute Gasteiger partial charge is 0.242 e. The fourth-order valence-corrected chi connectivity index (χ4v) is 3.02. The van der Waals surface area contributed by atoms with Gasteiger partial charge in [-0.05, 0) is 11.4 Å². The molecule has 3 N–H and O–H groups in total. The molecular weight excluding hydrogens is 278 g/mol. The number of carbonyl (C=O) groups is 1. The average Bonchev–Trinajstić information content (AvgIpc) is 2.94. The predicted molar refractivity (Wildman–Crippen MR) is 78.1 cm³/mol. The molecule has 1 amide bonds. The lowest BCUT2D eigenvalue weighted by molar-refractivity contribution is -0.121. The summed E-state index contributed by atoms with van der Waals surface area (Å²) in [5.41, 5.74) is 5.47. The number of fused-ring (bicyclic) bond motifs is 1. The number of amides is 1. The quantitative estimate of drug-likeness (QED) is 0.852. The van der Waals surface area contributed by atoms with Crippen molar-refractivity contribution in [1.82, 2.24) is 9.97 Å². The molecule has 1 unspecified atom stereocenters. The number of nitrogens with one attached hydrogen (secondary N) is 1. The third kappa shape index (κ3) is 2.16. The van der Waals surface area contributed by atoms with Crippen molar-refractivity contribution in [3.8, 4) is 0 Å². The van der Waals surface area contributed by atoms with Crippen LogP contribution < -0.4 is 16.0 Å². The zero-order valence-electron chi connectivity index (χ0n) is 11.0. The normalized spacial score (nSPS) is 19.2. The molecule has 1 saturated heterocycles. The minimum absolute atomic E-state index is 0.292. The molecule has 0 aromatic carbocycles. The standard InChI is InChI=1S/C12H15N5O2S/c1-14-12-15-10(7-2-5-20-11(7)16-12)17-3-4-19-6-8(17)9(13)18/h2,5,8H,3-4,6H2,1H3,(H2,13,18)(H,14,15,16). The Morgan fingerprint density at radius 2 is 2.45 bits per heavy atom. The Kier molecular flexibility index (Phi) is 3.41. The van der Waals surface area contributed by atoms with Crippen LogP contribution >= 0.6 is 11.3 Å². The van der Waals surface area contributed by atoms with Crippen LogP contribution in [0.15, 0.2) is 11.4 Å². The van der Waals surface area contributed by atoms with Crippen molar-refractivity contribution < 1.29 is 9.53 Å². The summed E-state index contributed by atoms with van der Waals surface area (Å²) in [6.07, 6.45) is 0.